The fraction of sp³-hybridized carbons (Fsp3) is 0.556. The number of amides is 3. The van der Waals surface area contributed by atoms with E-state index in [-0.39, 0.29) is 11.9 Å². The van der Waals surface area contributed by atoms with Crippen LogP contribution in [0.5, 0.6) is 5.75 Å². The topological polar surface area (TPSA) is 73.9 Å². The van der Waals surface area contributed by atoms with Crippen molar-refractivity contribution in [1.82, 2.24) is 20.4 Å². The molecule has 0 spiro atoms. The van der Waals surface area contributed by atoms with Crippen LogP contribution >= 0.6 is 0 Å². The van der Waals surface area contributed by atoms with Crippen molar-refractivity contribution >= 4 is 11.9 Å². The van der Waals surface area contributed by atoms with E-state index < -0.39 is 6.03 Å². The molecule has 2 N–H and O–H groups in total. The van der Waals surface area contributed by atoms with Crippen LogP contribution in [-0.2, 0) is 11.3 Å². The lowest BCUT2D eigenvalue weighted by Crippen LogP contribution is -2.55. The molecule has 138 valence electrons. The zero-order valence-electron chi connectivity index (χ0n) is 15.2. The highest BCUT2D eigenvalue weighted by Crippen LogP contribution is 2.15. The van der Waals surface area contributed by atoms with Crippen LogP contribution in [0.15, 0.2) is 24.3 Å². The first-order chi connectivity index (χ1) is 12.0. The van der Waals surface area contributed by atoms with E-state index in [1.54, 1.807) is 0 Å². The Balaban J connectivity index is 1.78. The number of carbonyl (C=O) groups excluding carboxylic acids is 2. The van der Waals surface area contributed by atoms with Gasteiger partial charge < -0.3 is 10.1 Å². The van der Waals surface area contributed by atoms with E-state index in [9.17, 15) is 9.59 Å². The number of benzene rings is 1. The molecule has 1 atom stereocenters. The molecular weight excluding hydrogens is 320 g/mol. The number of hydrogen-bond acceptors (Lipinski definition) is 5. The zero-order valence-corrected chi connectivity index (χ0v) is 15.2. The summed E-state index contributed by atoms with van der Waals surface area (Å²) >= 11 is 0. The van der Waals surface area contributed by atoms with Crippen LogP contribution in [0.2, 0.25) is 0 Å². The number of rotatable bonds is 6. The molecule has 0 saturated carbocycles. The summed E-state index contributed by atoms with van der Waals surface area (Å²) in [6, 6.07) is 7.41. The lowest BCUT2D eigenvalue weighted by molar-refractivity contribution is -0.125. The van der Waals surface area contributed by atoms with Crippen molar-refractivity contribution in [3.63, 3.8) is 0 Å². The van der Waals surface area contributed by atoms with Gasteiger partial charge in [0.15, 0.2) is 0 Å². The Morgan fingerprint density at radius 3 is 2.36 bits per heavy atom. The molecule has 7 heteroatoms. The third kappa shape index (κ3) is 5.72. The number of hydrogen-bond donors (Lipinski definition) is 2. The maximum Gasteiger partial charge on any atom is 0.321 e. The van der Waals surface area contributed by atoms with Crippen LogP contribution in [-0.4, -0.2) is 67.6 Å². The molecule has 1 unspecified atom stereocenters. The molecule has 2 rings (SSSR count). The molecule has 1 aromatic rings. The quantitative estimate of drug-likeness (QED) is 0.804. The van der Waals surface area contributed by atoms with Gasteiger partial charge in [0.25, 0.3) is 0 Å². The Morgan fingerprint density at radius 1 is 1.16 bits per heavy atom. The van der Waals surface area contributed by atoms with Crippen molar-refractivity contribution in [1.29, 1.82) is 0 Å². The normalized spacial score (nSPS) is 16.9. The van der Waals surface area contributed by atoms with Gasteiger partial charge in [-0.05, 0) is 31.5 Å². The van der Waals surface area contributed by atoms with Crippen molar-refractivity contribution in [2.45, 2.75) is 26.4 Å². The van der Waals surface area contributed by atoms with Gasteiger partial charge in [-0.15, -0.1) is 0 Å². The average molecular weight is 348 g/mol. The van der Waals surface area contributed by atoms with Crippen LogP contribution in [0.4, 0.5) is 4.79 Å². The van der Waals surface area contributed by atoms with Gasteiger partial charge in [-0.25, -0.2) is 4.79 Å². The molecule has 1 saturated heterocycles. The van der Waals surface area contributed by atoms with E-state index in [1.807, 2.05) is 26.0 Å². The minimum absolute atomic E-state index is 0.265. The van der Waals surface area contributed by atoms with E-state index in [0.717, 1.165) is 38.5 Å². The molecular formula is C18H28N4O3. The van der Waals surface area contributed by atoms with E-state index in [4.69, 9.17) is 4.74 Å². The van der Waals surface area contributed by atoms with Gasteiger partial charge in [0.05, 0.1) is 12.6 Å². The first-order valence-corrected chi connectivity index (χ1v) is 8.74. The van der Waals surface area contributed by atoms with E-state index in [2.05, 4.69) is 32.6 Å². The van der Waals surface area contributed by atoms with Gasteiger partial charge >= 0.3 is 6.03 Å². The number of urea groups is 1. The van der Waals surface area contributed by atoms with Crippen molar-refractivity contribution in [3.05, 3.63) is 29.8 Å². The molecule has 1 heterocycles. The summed E-state index contributed by atoms with van der Waals surface area (Å²) in [5.74, 6) is 0.631. The Bertz CT molecular complexity index is 568. The monoisotopic (exact) mass is 348 g/mol. The Morgan fingerprint density at radius 2 is 1.80 bits per heavy atom. The zero-order chi connectivity index (χ0) is 18.2. The highest BCUT2D eigenvalue weighted by atomic mass is 16.5. The van der Waals surface area contributed by atoms with Crippen molar-refractivity contribution in [2.24, 2.45) is 0 Å². The molecule has 1 aliphatic heterocycles. The first kappa shape index (κ1) is 19.2. The summed E-state index contributed by atoms with van der Waals surface area (Å²) in [4.78, 5) is 27.8. The Kier molecular flexibility index (Phi) is 7.21. The molecule has 3 amide bonds. The molecule has 0 aliphatic carbocycles. The maximum atomic E-state index is 12.0. The standard InChI is InChI=1S/C18H28N4O3/c1-4-25-16-7-5-15(6-8-16)13-21-9-11-22(12-10-21)14(2)17(23)20-18(24)19-3/h5-8,14H,4,9-13H2,1-3H3,(H2,19,20,23,24). The number of nitrogens with one attached hydrogen (secondary N) is 2. The lowest BCUT2D eigenvalue weighted by atomic mass is 10.1. The third-order valence-electron chi connectivity index (χ3n) is 4.44. The van der Waals surface area contributed by atoms with Crippen LogP contribution in [0.1, 0.15) is 19.4 Å². The molecule has 0 radical (unpaired) electrons. The second kappa shape index (κ2) is 9.39. The minimum Gasteiger partial charge on any atom is -0.494 e. The number of carbonyl (C=O) groups is 2. The maximum absolute atomic E-state index is 12.0. The summed E-state index contributed by atoms with van der Waals surface area (Å²) in [5.41, 5.74) is 1.25. The molecule has 0 aromatic heterocycles. The lowest BCUT2D eigenvalue weighted by Gasteiger charge is -2.37. The van der Waals surface area contributed by atoms with Gasteiger partial charge in [0.2, 0.25) is 5.91 Å². The summed E-state index contributed by atoms with van der Waals surface area (Å²) in [7, 11) is 1.49. The molecule has 1 aromatic carbocycles. The summed E-state index contributed by atoms with van der Waals surface area (Å²) in [6.45, 7) is 8.77. The number of imide groups is 1. The predicted molar refractivity (Wildman–Crippen MR) is 96.5 cm³/mol. The second-order valence-electron chi connectivity index (χ2n) is 6.13. The number of nitrogens with zero attached hydrogens (tertiary/aromatic N) is 2. The van der Waals surface area contributed by atoms with Crippen LogP contribution in [0, 0.1) is 0 Å². The van der Waals surface area contributed by atoms with E-state index in [1.165, 1.54) is 12.6 Å². The molecule has 7 nitrogen and oxygen atoms in total. The number of ether oxygens (including phenoxy) is 1. The Hall–Kier alpha value is -2.12. The smallest absolute Gasteiger partial charge is 0.321 e. The van der Waals surface area contributed by atoms with Gasteiger partial charge in [-0.2, -0.15) is 0 Å². The molecule has 25 heavy (non-hydrogen) atoms. The summed E-state index contributed by atoms with van der Waals surface area (Å²) in [5, 5.41) is 4.73. The fourth-order valence-corrected chi connectivity index (χ4v) is 2.87. The van der Waals surface area contributed by atoms with Gasteiger partial charge in [-0.3, -0.25) is 19.9 Å². The third-order valence-corrected chi connectivity index (χ3v) is 4.44. The van der Waals surface area contributed by atoms with Gasteiger partial charge in [-0.1, -0.05) is 12.1 Å². The second-order valence-corrected chi connectivity index (χ2v) is 6.13. The molecule has 1 aliphatic rings. The largest absolute Gasteiger partial charge is 0.494 e. The predicted octanol–water partition coefficient (Wildman–Crippen LogP) is 1.05. The molecule has 0 bridgehead atoms. The van der Waals surface area contributed by atoms with Crippen LogP contribution in [0.3, 0.4) is 0 Å². The van der Waals surface area contributed by atoms with Gasteiger partial charge in [0, 0.05) is 39.8 Å². The van der Waals surface area contributed by atoms with E-state index in [0.29, 0.717) is 6.61 Å². The number of piperazine rings is 1. The van der Waals surface area contributed by atoms with Crippen molar-refractivity contribution in [2.75, 3.05) is 39.8 Å². The summed E-state index contributed by atoms with van der Waals surface area (Å²) < 4.78 is 5.46. The fourth-order valence-electron chi connectivity index (χ4n) is 2.87. The molecule has 1 fully saturated rings. The average Bonchev–Trinajstić information content (AvgIpc) is 2.63. The van der Waals surface area contributed by atoms with Crippen LogP contribution < -0.4 is 15.4 Å². The Labute approximate surface area is 149 Å². The summed E-state index contributed by atoms with van der Waals surface area (Å²) in [6.07, 6.45) is 0. The van der Waals surface area contributed by atoms with E-state index >= 15 is 0 Å². The SMILES string of the molecule is CCOc1ccc(CN2CCN(C(C)C(=O)NC(=O)NC)CC2)cc1. The highest BCUT2D eigenvalue weighted by molar-refractivity contribution is 5.96. The van der Waals surface area contributed by atoms with Crippen LogP contribution in [0.25, 0.3) is 0 Å². The van der Waals surface area contributed by atoms with Gasteiger partial charge in [0.1, 0.15) is 5.75 Å². The highest BCUT2D eigenvalue weighted by Gasteiger charge is 2.26. The first-order valence-electron chi connectivity index (χ1n) is 8.74. The van der Waals surface area contributed by atoms with Crippen molar-refractivity contribution < 1.29 is 14.3 Å². The van der Waals surface area contributed by atoms with Crippen molar-refractivity contribution in [3.8, 4) is 5.75 Å². The minimum atomic E-state index is -0.467.